The number of benzene rings is 1. The number of rotatable bonds is 7. The zero-order chi connectivity index (χ0) is 26.8. The zero-order valence-corrected chi connectivity index (χ0v) is 22.5. The maximum atomic E-state index is 13.5. The van der Waals surface area contributed by atoms with Crippen molar-refractivity contribution in [3.8, 4) is 11.3 Å². The molecule has 1 aliphatic rings. The molecule has 1 aliphatic heterocycles. The monoisotopic (exact) mass is 513 g/mol. The van der Waals surface area contributed by atoms with E-state index in [4.69, 9.17) is 9.72 Å². The summed E-state index contributed by atoms with van der Waals surface area (Å²) >= 11 is 0. The molecule has 0 radical (unpaired) electrons. The van der Waals surface area contributed by atoms with Gasteiger partial charge in [-0.2, -0.15) is 0 Å². The molecule has 198 valence electrons. The number of hydrogen-bond acceptors (Lipinski definition) is 5. The Morgan fingerprint density at radius 2 is 1.84 bits per heavy atom. The van der Waals surface area contributed by atoms with Gasteiger partial charge in [0.15, 0.2) is 0 Å². The topological polar surface area (TPSA) is 92.2 Å². The minimum absolute atomic E-state index is 0.153. The van der Waals surface area contributed by atoms with E-state index in [-0.39, 0.29) is 24.1 Å². The Morgan fingerprint density at radius 1 is 1.11 bits per heavy atom. The fourth-order valence-electron chi connectivity index (χ4n) is 5.04. The number of aromatic amines is 1. The van der Waals surface area contributed by atoms with Crippen LogP contribution in [0.25, 0.3) is 22.3 Å². The maximum Gasteiger partial charge on any atom is 0.253 e. The first-order valence-electron chi connectivity index (χ1n) is 13.2. The third-order valence-corrected chi connectivity index (χ3v) is 7.16. The molecule has 2 N–H and O–H groups in total. The summed E-state index contributed by atoms with van der Waals surface area (Å²) in [5.74, 6) is -0.233. The van der Waals surface area contributed by atoms with Crippen molar-refractivity contribution in [2.45, 2.75) is 46.8 Å². The molecule has 1 aromatic carbocycles. The minimum Gasteiger partial charge on any atom is -0.379 e. The first kappa shape index (κ1) is 25.9. The Balaban J connectivity index is 1.45. The summed E-state index contributed by atoms with van der Waals surface area (Å²) in [7, 11) is 0. The van der Waals surface area contributed by atoms with Crippen molar-refractivity contribution < 1.29 is 9.53 Å². The number of ether oxygens (including phenoxy) is 1. The van der Waals surface area contributed by atoms with Gasteiger partial charge in [-0.15, -0.1) is 0 Å². The standard InChI is InChI=1S/C30H35N5O3/c1-19(2)35-10-9-24-25(29(36)31-17-26-20(3)15-21(4)32-30(26)37)16-27(33-28(24)35)23-7-5-22(6-8-23)18-34-11-13-38-14-12-34/h5-10,15-16,19H,11-14,17-18H2,1-4H3,(H,31,36)(H,32,37). The summed E-state index contributed by atoms with van der Waals surface area (Å²) < 4.78 is 7.54. The van der Waals surface area contributed by atoms with E-state index < -0.39 is 0 Å². The second kappa shape index (κ2) is 10.9. The normalized spacial score (nSPS) is 14.3. The predicted molar refractivity (Wildman–Crippen MR) is 149 cm³/mol. The molecule has 0 bridgehead atoms. The molecule has 1 saturated heterocycles. The van der Waals surface area contributed by atoms with Gasteiger partial charge in [-0.25, -0.2) is 4.98 Å². The largest absolute Gasteiger partial charge is 0.379 e. The van der Waals surface area contributed by atoms with Crippen LogP contribution in [0.15, 0.2) is 53.5 Å². The fraction of sp³-hybridized carbons (Fsp3) is 0.367. The second-order valence-electron chi connectivity index (χ2n) is 10.3. The average Bonchev–Trinajstić information content (AvgIpc) is 3.33. The molecule has 0 aliphatic carbocycles. The fourth-order valence-corrected chi connectivity index (χ4v) is 5.04. The van der Waals surface area contributed by atoms with Crippen LogP contribution >= 0.6 is 0 Å². The smallest absolute Gasteiger partial charge is 0.253 e. The van der Waals surface area contributed by atoms with Crippen molar-refractivity contribution in [1.29, 1.82) is 0 Å². The van der Waals surface area contributed by atoms with Gasteiger partial charge in [0, 0.05) is 60.6 Å². The van der Waals surface area contributed by atoms with Gasteiger partial charge in [0.1, 0.15) is 5.65 Å². The van der Waals surface area contributed by atoms with Crippen molar-refractivity contribution in [2.75, 3.05) is 26.3 Å². The number of aryl methyl sites for hydroxylation is 2. The number of pyridine rings is 2. The Hall–Kier alpha value is -3.75. The quantitative estimate of drug-likeness (QED) is 0.383. The summed E-state index contributed by atoms with van der Waals surface area (Å²) in [6, 6.07) is 14.3. The summed E-state index contributed by atoms with van der Waals surface area (Å²) in [6.07, 6.45) is 1.98. The molecule has 3 aromatic heterocycles. The molecule has 8 heteroatoms. The molecule has 5 rings (SSSR count). The van der Waals surface area contributed by atoms with Crippen LogP contribution in [-0.2, 0) is 17.8 Å². The zero-order valence-electron chi connectivity index (χ0n) is 22.5. The summed E-state index contributed by atoms with van der Waals surface area (Å²) in [5.41, 5.74) is 6.28. The highest BCUT2D eigenvalue weighted by atomic mass is 16.5. The third kappa shape index (κ3) is 5.42. The predicted octanol–water partition coefficient (Wildman–Crippen LogP) is 4.35. The van der Waals surface area contributed by atoms with E-state index >= 15 is 0 Å². The number of carbonyl (C=O) groups excluding carboxylic acids is 1. The number of carbonyl (C=O) groups is 1. The molecule has 0 atom stereocenters. The number of aromatic nitrogens is 3. The van der Waals surface area contributed by atoms with Crippen LogP contribution in [0.4, 0.5) is 0 Å². The lowest BCUT2D eigenvalue weighted by molar-refractivity contribution is 0.0342. The van der Waals surface area contributed by atoms with Crippen LogP contribution in [-0.4, -0.2) is 51.6 Å². The number of hydrogen-bond donors (Lipinski definition) is 2. The summed E-state index contributed by atoms with van der Waals surface area (Å²) in [6.45, 7) is 12.4. The number of fused-ring (bicyclic) bond motifs is 1. The Bertz CT molecular complexity index is 1510. The molecule has 1 amide bonds. The first-order valence-corrected chi connectivity index (χ1v) is 13.2. The number of morpholine rings is 1. The summed E-state index contributed by atoms with van der Waals surface area (Å²) in [5, 5.41) is 3.76. The van der Waals surface area contributed by atoms with Gasteiger partial charge in [0.25, 0.3) is 11.5 Å². The highest BCUT2D eigenvalue weighted by molar-refractivity contribution is 6.06. The number of nitrogens with zero attached hydrogens (tertiary/aromatic N) is 3. The summed E-state index contributed by atoms with van der Waals surface area (Å²) in [4.78, 5) is 36.1. The highest BCUT2D eigenvalue weighted by Gasteiger charge is 2.19. The van der Waals surface area contributed by atoms with E-state index in [0.717, 1.165) is 66.4 Å². The number of amides is 1. The molecule has 4 aromatic rings. The number of nitrogens with one attached hydrogen (secondary N) is 2. The van der Waals surface area contributed by atoms with Gasteiger partial charge in [0.2, 0.25) is 0 Å². The van der Waals surface area contributed by atoms with E-state index in [2.05, 4.69) is 57.9 Å². The van der Waals surface area contributed by atoms with Gasteiger partial charge in [-0.1, -0.05) is 24.3 Å². The van der Waals surface area contributed by atoms with E-state index in [1.807, 2.05) is 38.2 Å². The van der Waals surface area contributed by atoms with Crippen LogP contribution in [0.2, 0.25) is 0 Å². The number of H-pyrrole nitrogens is 1. The van der Waals surface area contributed by atoms with E-state index in [9.17, 15) is 9.59 Å². The van der Waals surface area contributed by atoms with Crippen LogP contribution < -0.4 is 10.9 Å². The second-order valence-corrected chi connectivity index (χ2v) is 10.3. The van der Waals surface area contributed by atoms with Crippen LogP contribution in [0.1, 0.15) is 52.6 Å². The van der Waals surface area contributed by atoms with Crippen molar-refractivity contribution in [3.63, 3.8) is 0 Å². The van der Waals surface area contributed by atoms with Crippen LogP contribution in [0.5, 0.6) is 0 Å². The van der Waals surface area contributed by atoms with Gasteiger partial charge in [-0.3, -0.25) is 14.5 Å². The highest BCUT2D eigenvalue weighted by Crippen LogP contribution is 2.28. The lowest BCUT2D eigenvalue weighted by atomic mass is 10.0. The van der Waals surface area contributed by atoms with Crippen LogP contribution in [0.3, 0.4) is 0 Å². The molecular weight excluding hydrogens is 478 g/mol. The van der Waals surface area contributed by atoms with Crippen molar-refractivity contribution in [1.82, 2.24) is 24.8 Å². The minimum atomic E-state index is -0.233. The molecular formula is C30H35N5O3. The van der Waals surface area contributed by atoms with Crippen LogP contribution in [0, 0.1) is 13.8 Å². The maximum absolute atomic E-state index is 13.5. The SMILES string of the molecule is Cc1cc(C)c(CNC(=O)c2cc(-c3ccc(CN4CCOCC4)cc3)nc3c2ccn3C(C)C)c(=O)[nH]1. The Kier molecular flexibility index (Phi) is 7.44. The molecule has 38 heavy (non-hydrogen) atoms. The van der Waals surface area contributed by atoms with E-state index in [1.165, 1.54) is 5.56 Å². The first-order chi connectivity index (χ1) is 18.3. The molecule has 4 heterocycles. The lowest BCUT2D eigenvalue weighted by Crippen LogP contribution is -2.35. The van der Waals surface area contributed by atoms with Gasteiger partial charge < -0.3 is 19.6 Å². The van der Waals surface area contributed by atoms with Gasteiger partial charge in [-0.05, 0) is 57.0 Å². The van der Waals surface area contributed by atoms with Crippen molar-refractivity contribution in [3.05, 3.63) is 87.0 Å². The van der Waals surface area contributed by atoms with Crippen molar-refractivity contribution >= 4 is 16.9 Å². The molecule has 1 fully saturated rings. The Morgan fingerprint density at radius 3 is 2.53 bits per heavy atom. The van der Waals surface area contributed by atoms with Crippen molar-refractivity contribution in [2.24, 2.45) is 0 Å². The van der Waals surface area contributed by atoms with E-state index in [1.54, 1.807) is 0 Å². The van der Waals surface area contributed by atoms with Gasteiger partial charge >= 0.3 is 0 Å². The van der Waals surface area contributed by atoms with Gasteiger partial charge in [0.05, 0.1) is 24.5 Å². The average molecular weight is 514 g/mol. The lowest BCUT2D eigenvalue weighted by Gasteiger charge is -2.26. The molecule has 0 saturated carbocycles. The van der Waals surface area contributed by atoms with E-state index in [0.29, 0.717) is 11.1 Å². The Labute approximate surface area is 222 Å². The molecule has 0 unspecified atom stereocenters. The molecule has 0 spiro atoms. The molecule has 8 nitrogen and oxygen atoms in total. The third-order valence-electron chi connectivity index (χ3n) is 7.16.